The van der Waals surface area contributed by atoms with Crippen molar-refractivity contribution in [3.05, 3.63) is 29.1 Å². The molecule has 0 bridgehead atoms. The minimum absolute atomic E-state index is 0.0542. The van der Waals surface area contributed by atoms with E-state index in [4.69, 9.17) is 14.2 Å². The van der Waals surface area contributed by atoms with Gasteiger partial charge in [-0.15, -0.1) is 0 Å². The van der Waals surface area contributed by atoms with E-state index in [0.717, 1.165) is 0 Å². The van der Waals surface area contributed by atoms with Gasteiger partial charge in [-0.3, -0.25) is 4.79 Å². The molecule has 7 nitrogen and oxygen atoms in total. The van der Waals surface area contributed by atoms with Crippen molar-refractivity contribution in [1.82, 2.24) is 5.32 Å². The van der Waals surface area contributed by atoms with E-state index in [9.17, 15) is 9.90 Å². The predicted molar refractivity (Wildman–Crippen MR) is 111 cm³/mol. The smallest absolute Gasteiger partial charge is 0.251 e. The van der Waals surface area contributed by atoms with E-state index < -0.39 is 24.1 Å². The third kappa shape index (κ3) is 5.29. The molecule has 1 aromatic rings. The summed E-state index contributed by atoms with van der Waals surface area (Å²) in [7, 11) is 0. The number of aliphatic hydroxyl groups is 1. The number of anilines is 1. The Morgan fingerprint density at radius 1 is 1.27 bits per heavy atom. The molecule has 1 amide bonds. The molecule has 2 aliphatic heterocycles. The van der Waals surface area contributed by atoms with Crippen molar-refractivity contribution in [2.45, 2.75) is 59.2 Å². The fourth-order valence-corrected chi connectivity index (χ4v) is 3.85. The second-order valence-corrected chi connectivity index (χ2v) is 9.23. The molecule has 2 heterocycles. The van der Waals surface area contributed by atoms with E-state index in [-0.39, 0.29) is 29.8 Å². The van der Waals surface area contributed by atoms with E-state index in [1.807, 2.05) is 32.6 Å². The fraction of sp³-hybridized carbons (Fsp3) is 0.682. The largest absolute Gasteiger partial charge is 0.394 e. The van der Waals surface area contributed by atoms with Gasteiger partial charge in [0.05, 0.1) is 37.7 Å². The summed E-state index contributed by atoms with van der Waals surface area (Å²) in [6.45, 7) is 11.4. The SMILES string of the molecule is CC(CO)NC(=O)c1cc(F)c(N2C[C@@H](C)O[C@H](C)C2)c(C2OCC(C)(C)CO2)c1. The van der Waals surface area contributed by atoms with E-state index in [2.05, 4.69) is 5.32 Å². The molecule has 2 fully saturated rings. The Bertz CT molecular complexity index is 752. The maximum Gasteiger partial charge on any atom is 0.251 e. The molecular formula is C22H33FN2O5. The summed E-state index contributed by atoms with van der Waals surface area (Å²) in [6, 6.07) is 2.43. The normalized spacial score (nSPS) is 25.8. The highest BCUT2D eigenvalue weighted by Gasteiger charge is 2.34. The minimum Gasteiger partial charge on any atom is -0.394 e. The number of carbonyl (C=O) groups excluding carboxylic acids is 1. The molecule has 3 rings (SSSR count). The molecule has 2 N–H and O–H groups in total. The third-order valence-corrected chi connectivity index (χ3v) is 5.25. The first-order chi connectivity index (χ1) is 14.1. The number of aliphatic hydroxyl groups excluding tert-OH is 1. The Kier molecular flexibility index (Phi) is 7.02. The van der Waals surface area contributed by atoms with E-state index in [1.54, 1.807) is 13.0 Å². The lowest BCUT2D eigenvalue weighted by Crippen LogP contribution is -2.46. The van der Waals surface area contributed by atoms with Gasteiger partial charge >= 0.3 is 0 Å². The Morgan fingerprint density at radius 2 is 1.87 bits per heavy atom. The van der Waals surface area contributed by atoms with Crippen LogP contribution in [0, 0.1) is 11.2 Å². The van der Waals surface area contributed by atoms with Gasteiger partial charge in [-0.05, 0) is 32.9 Å². The lowest BCUT2D eigenvalue weighted by molar-refractivity contribution is -0.226. The van der Waals surface area contributed by atoms with Gasteiger partial charge in [-0.2, -0.15) is 0 Å². The number of morpholine rings is 1. The summed E-state index contributed by atoms with van der Waals surface area (Å²) >= 11 is 0. The molecule has 2 saturated heterocycles. The zero-order valence-electron chi connectivity index (χ0n) is 18.4. The molecule has 30 heavy (non-hydrogen) atoms. The third-order valence-electron chi connectivity index (χ3n) is 5.25. The fourth-order valence-electron chi connectivity index (χ4n) is 3.85. The number of rotatable bonds is 5. The van der Waals surface area contributed by atoms with Crippen molar-refractivity contribution in [2.24, 2.45) is 5.41 Å². The Balaban J connectivity index is 1.99. The van der Waals surface area contributed by atoms with Gasteiger partial charge < -0.3 is 29.5 Å². The van der Waals surface area contributed by atoms with Crippen LogP contribution in [0.3, 0.4) is 0 Å². The highest BCUT2D eigenvalue weighted by atomic mass is 19.1. The number of benzene rings is 1. The van der Waals surface area contributed by atoms with Crippen molar-refractivity contribution in [3.63, 3.8) is 0 Å². The number of nitrogens with zero attached hydrogens (tertiary/aromatic N) is 1. The quantitative estimate of drug-likeness (QED) is 0.757. The molecule has 0 spiro atoms. The van der Waals surface area contributed by atoms with Crippen LogP contribution >= 0.6 is 0 Å². The number of ether oxygens (including phenoxy) is 3. The minimum atomic E-state index is -0.765. The van der Waals surface area contributed by atoms with Gasteiger partial charge in [-0.1, -0.05) is 13.8 Å². The molecule has 0 saturated carbocycles. The summed E-state index contributed by atoms with van der Waals surface area (Å²) in [4.78, 5) is 14.5. The van der Waals surface area contributed by atoms with Crippen LogP contribution in [0.1, 0.15) is 56.8 Å². The summed E-state index contributed by atoms with van der Waals surface area (Å²) < 4.78 is 33.1. The second-order valence-electron chi connectivity index (χ2n) is 9.23. The summed E-state index contributed by atoms with van der Waals surface area (Å²) in [6.07, 6.45) is -0.873. The van der Waals surface area contributed by atoms with Crippen LogP contribution in [-0.2, 0) is 14.2 Å². The van der Waals surface area contributed by atoms with Crippen LogP contribution in [0.2, 0.25) is 0 Å². The monoisotopic (exact) mass is 424 g/mol. The second kappa shape index (κ2) is 9.18. The van der Waals surface area contributed by atoms with Gasteiger partial charge in [0.1, 0.15) is 5.82 Å². The Labute approximate surface area is 177 Å². The zero-order chi connectivity index (χ0) is 22.1. The molecule has 1 unspecified atom stereocenters. The van der Waals surface area contributed by atoms with Crippen LogP contribution in [0.25, 0.3) is 0 Å². The van der Waals surface area contributed by atoms with Gasteiger partial charge in [0.2, 0.25) is 0 Å². The molecule has 0 radical (unpaired) electrons. The number of hydrogen-bond donors (Lipinski definition) is 2. The molecule has 8 heteroatoms. The van der Waals surface area contributed by atoms with E-state index >= 15 is 4.39 Å². The van der Waals surface area contributed by atoms with Gasteiger partial charge in [-0.25, -0.2) is 4.39 Å². The lowest BCUT2D eigenvalue weighted by atomic mass is 9.95. The molecule has 1 aromatic carbocycles. The standard InChI is InChI=1S/C22H33FN2O5/c1-13(10-26)24-20(27)16-6-17(21-28-11-22(4,5)12-29-21)19(18(23)7-16)25-8-14(2)30-15(3)9-25/h6-7,13-15,21,26H,8-12H2,1-5H3,(H,24,27)/t13?,14-,15-/m1/s1. The number of carbonyl (C=O) groups is 1. The maximum atomic E-state index is 15.4. The highest BCUT2D eigenvalue weighted by Crippen LogP contribution is 2.38. The van der Waals surface area contributed by atoms with Crippen LogP contribution in [0.15, 0.2) is 12.1 Å². The number of amides is 1. The Morgan fingerprint density at radius 3 is 2.43 bits per heavy atom. The molecule has 168 valence electrons. The number of nitrogens with one attached hydrogen (secondary N) is 1. The first-order valence-corrected chi connectivity index (χ1v) is 10.5. The molecular weight excluding hydrogens is 391 g/mol. The number of halogens is 1. The molecule has 2 aliphatic rings. The Hall–Kier alpha value is -1.74. The molecule has 3 atom stereocenters. The van der Waals surface area contributed by atoms with Gasteiger partial charge in [0.15, 0.2) is 6.29 Å². The van der Waals surface area contributed by atoms with Crippen molar-refractivity contribution >= 4 is 11.6 Å². The molecule has 0 aromatic heterocycles. The predicted octanol–water partition coefficient (Wildman–Crippen LogP) is 2.62. The number of hydrogen-bond acceptors (Lipinski definition) is 6. The van der Waals surface area contributed by atoms with Crippen LogP contribution in [0.4, 0.5) is 10.1 Å². The average Bonchev–Trinajstić information content (AvgIpc) is 2.66. The zero-order valence-corrected chi connectivity index (χ0v) is 18.4. The molecule has 0 aliphatic carbocycles. The van der Waals surface area contributed by atoms with Gasteiger partial charge in [0.25, 0.3) is 5.91 Å². The van der Waals surface area contributed by atoms with Crippen LogP contribution < -0.4 is 10.2 Å². The lowest BCUT2D eigenvalue weighted by Gasteiger charge is -2.40. The summed E-state index contributed by atoms with van der Waals surface area (Å²) in [5, 5.41) is 11.9. The maximum absolute atomic E-state index is 15.4. The summed E-state index contributed by atoms with van der Waals surface area (Å²) in [5.41, 5.74) is 0.906. The van der Waals surface area contributed by atoms with Crippen molar-refractivity contribution < 1.29 is 28.5 Å². The van der Waals surface area contributed by atoms with Crippen molar-refractivity contribution in [3.8, 4) is 0 Å². The van der Waals surface area contributed by atoms with E-state index in [1.165, 1.54) is 6.07 Å². The van der Waals surface area contributed by atoms with Gasteiger partial charge in [0, 0.05) is 35.7 Å². The first-order valence-electron chi connectivity index (χ1n) is 10.5. The highest BCUT2D eigenvalue weighted by molar-refractivity contribution is 5.95. The average molecular weight is 425 g/mol. The van der Waals surface area contributed by atoms with Crippen molar-refractivity contribution in [2.75, 3.05) is 37.8 Å². The van der Waals surface area contributed by atoms with Crippen LogP contribution in [0.5, 0.6) is 0 Å². The van der Waals surface area contributed by atoms with E-state index in [0.29, 0.717) is 37.6 Å². The first kappa shape index (κ1) is 22.9. The topological polar surface area (TPSA) is 80.3 Å². The summed E-state index contributed by atoms with van der Waals surface area (Å²) in [5.74, 6) is -0.962. The van der Waals surface area contributed by atoms with Crippen LogP contribution in [-0.4, -0.2) is 62.2 Å². The van der Waals surface area contributed by atoms with Crippen molar-refractivity contribution in [1.29, 1.82) is 0 Å².